The molecular formula is C19H25N3O4. The molecule has 2 aliphatic heterocycles. The van der Waals surface area contributed by atoms with Crippen molar-refractivity contribution in [2.24, 2.45) is 5.92 Å². The highest BCUT2D eigenvalue weighted by molar-refractivity contribution is 5.87. The third-order valence-electron chi connectivity index (χ3n) is 5.23. The van der Waals surface area contributed by atoms with Crippen LogP contribution in [0.2, 0.25) is 0 Å². The number of nitrogens with zero attached hydrogens (tertiary/aromatic N) is 3. The number of carbonyl (C=O) groups excluding carboxylic acids is 2. The van der Waals surface area contributed by atoms with Gasteiger partial charge in [0.15, 0.2) is 0 Å². The molecule has 2 heterocycles. The molecule has 1 fully saturated rings. The van der Waals surface area contributed by atoms with E-state index in [-0.39, 0.29) is 31.4 Å². The van der Waals surface area contributed by atoms with Crippen LogP contribution in [0.15, 0.2) is 24.3 Å². The number of rotatable bonds is 5. The van der Waals surface area contributed by atoms with Crippen LogP contribution in [0.3, 0.4) is 0 Å². The molecule has 0 aliphatic carbocycles. The zero-order valence-corrected chi connectivity index (χ0v) is 15.1. The molecular weight excluding hydrogens is 334 g/mol. The number of aliphatic carboxylic acids is 1. The van der Waals surface area contributed by atoms with Crippen molar-refractivity contribution >= 4 is 23.5 Å². The Morgan fingerprint density at radius 3 is 2.77 bits per heavy atom. The summed E-state index contributed by atoms with van der Waals surface area (Å²) in [6.45, 7) is 1.83. The van der Waals surface area contributed by atoms with E-state index in [0.29, 0.717) is 19.4 Å². The Labute approximate surface area is 153 Å². The molecule has 0 saturated carbocycles. The summed E-state index contributed by atoms with van der Waals surface area (Å²) in [6.07, 6.45) is 2.21. The Morgan fingerprint density at radius 1 is 1.23 bits per heavy atom. The summed E-state index contributed by atoms with van der Waals surface area (Å²) >= 11 is 0. The van der Waals surface area contributed by atoms with Crippen molar-refractivity contribution in [3.63, 3.8) is 0 Å². The van der Waals surface area contributed by atoms with Crippen molar-refractivity contribution in [1.82, 2.24) is 9.80 Å². The normalized spacial score (nSPS) is 19.2. The van der Waals surface area contributed by atoms with Crippen molar-refractivity contribution in [1.29, 1.82) is 0 Å². The summed E-state index contributed by atoms with van der Waals surface area (Å²) in [7, 11) is 1.63. The van der Waals surface area contributed by atoms with E-state index in [1.165, 1.54) is 10.5 Å². The second-order valence-electron chi connectivity index (χ2n) is 7.07. The largest absolute Gasteiger partial charge is 0.481 e. The van der Waals surface area contributed by atoms with Gasteiger partial charge >= 0.3 is 5.97 Å². The van der Waals surface area contributed by atoms with E-state index in [1.807, 2.05) is 23.1 Å². The molecule has 7 nitrogen and oxygen atoms in total. The topological polar surface area (TPSA) is 81.2 Å². The number of carboxylic acid groups (broad SMARTS) is 1. The molecule has 1 N–H and O–H groups in total. The Kier molecular flexibility index (Phi) is 5.44. The van der Waals surface area contributed by atoms with Crippen molar-refractivity contribution in [3.8, 4) is 0 Å². The van der Waals surface area contributed by atoms with E-state index < -0.39 is 11.9 Å². The number of carboxylic acids is 1. The number of carbonyl (C=O) groups is 3. The molecule has 1 unspecified atom stereocenters. The molecule has 3 rings (SSSR count). The summed E-state index contributed by atoms with van der Waals surface area (Å²) in [5.74, 6) is -1.66. The van der Waals surface area contributed by atoms with Crippen molar-refractivity contribution < 1.29 is 19.5 Å². The van der Waals surface area contributed by atoms with E-state index in [2.05, 4.69) is 6.07 Å². The van der Waals surface area contributed by atoms with Gasteiger partial charge in [-0.2, -0.15) is 0 Å². The highest BCUT2D eigenvalue weighted by Gasteiger charge is 2.29. The van der Waals surface area contributed by atoms with Crippen LogP contribution in [0.25, 0.3) is 0 Å². The van der Waals surface area contributed by atoms with Crippen LogP contribution in [0.5, 0.6) is 0 Å². The minimum Gasteiger partial charge on any atom is -0.481 e. The number of amides is 2. The summed E-state index contributed by atoms with van der Waals surface area (Å²) in [5, 5.41) is 9.14. The van der Waals surface area contributed by atoms with Gasteiger partial charge in [-0.1, -0.05) is 18.2 Å². The number of piperidine rings is 1. The Balaban J connectivity index is 1.53. The van der Waals surface area contributed by atoms with Gasteiger partial charge in [-0.15, -0.1) is 0 Å². The smallest absolute Gasteiger partial charge is 0.308 e. The summed E-state index contributed by atoms with van der Waals surface area (Å²) in [5.41, 5.74) is 2.33. The number of fused-ring (bicyclic) bond motifs is 1. The second-order valence-corrected chi connectivity index (χ2v) is 7.07. The molecule has 0 radical (unpaired) electrons. The van der Waals surface area contributed by atoms with Crippen molar-refractivity contribution in [2.75, 3.05) is 44.7 Å². The maximum atomic E-state index is 12.5. The van der Waals surface area contributed by atoms with Crippen molar-refractivity contribution in [3.05, 3.63) is 29.8 Å². The molecule has 1 saturated heterocycles. The maximum absolute atomic E-state index is 12.5. The lowest BCUT2D eigenvalue weighted by Crippen LogP contribution is -2.48. The lowest BCUT2D eigenvalue weighted by molar-refractivity contribution is -0.147. The fraction of sp³-hybridized carbons (Fsp3) is 0.526. The van der Waals surface area contributed by atoms with Gasteiger partial charge in [0, 0.05) is 32.4 Å². The van der Waals surface area contributed by atoms with Crippen LogP contribution in [-0.2, 0) is 20.8 Å². The third-order valence-corrected chi connectivity index (χ3v) is 5.23. The van der Waals surface area contributed by atoms with E-state index in [1.54, 1.807) is 11.9 Å². The van der Waals surface area contributed by atoms with Gasteiger partial charge in [0.2, 0.25) is 11.8 Å². The molecule has 1 atom stereocenters. The first-order chi connectivity index (χ1) is 12.5. The first-order valence-electron chi connectivity index (χ1n) is 9.03. The quantitative estimate of drug-likeness (QED) is 0.842. The van der Waals surface area contributed by atoms with Gasteiger partial charge in [-0.3, -0.25) is 14.4 Å². The number of hydrogen-bond acceptors (Lipinski definition) is 4. The molecule has 140 valence electrons. The number of anilines is 1. The summed E-state index contributed by atoms with van der Waals surface area (Å²) in [6, 6.07) is 8.05. The second kappa shape index (κ2) is 7.76. The van der Waals surface area contributed by atoms with Gasteiger partial charge in [-0.05, 0) is 30.9 Å². The Morgan fingerprint density at radius 2 is 2.00 bits per heavy atom. The van der Waals surface area contributed by atoms with Gasteiger partial charge in [-0.25, -0.2) is 0 Å². The van der Waals surface area contributed by atoms with E-state index >= 15 is 0 Å². The minimum absolute atomic E-state index is 0.0132. The lowest BCUT2D eigenvalue weighted by Gasteiger charge is -2.32. The highest BCUT2D eigenvalue weighted by atomic mass is 16.4. The molecule has 2 aliphatic rings. The first kappa shape index (κ1) is 18.2. The number of hydrogen-bond donors (Lipinski definition) is 1. The van der Waals surface area contributed by atoms with E-state index in [9.17, 15) is 14.4 Å². The monoisotopic (exact) mass is 359 g/mol. The zero-order chi connectivity index (χ0) is 18.7. The van der Waals surface area contributed by atoms with E-state index in [4.69, 9.17) is 5.11 Å². The van der Waals surface area contributed by atoms with Gasteiger partial charge in [0.25, 0.3) is 0 Å². The van der Waals surface area contributed by atoms with Crippen LogP contribution in [0.4, 0.5) is 5.69 Å². The average molecular weight is 359 g/mol. The number of benzene rings is 1. The molecule has 0 spiro atoms. The Bertz CT molecular complexity index is 706. The highest BCUT2D eigenvalue weighted by Crippen LogP contribution is 2.27. The molecule has 26 heavy (non-hydrogen) atoms. The third kappa shape index (κ3) is 3.98. The SMILES string of the molecule is CN(CC(=O)N1CCCC(C(=O)O)C1)C(=O)CN1CCc2ccccc21. The predicted molar refractivity (Wildman–Crippen MR) is 96.9 cm³/mol. The fourth-order valence-corrected chi connectivity index (χ4v) is 3.65. The standard InChI is InChI=1S/C19H25N3O4/c1-20(12-18(24)22-9-4-6-15(11-22)19(25)26)17(23)13-21-10-8-14-5-2-3-7-16(14)21/h2-3,5,7,15H,4,6,8-13H2,1H3,(H,25,26). The summed E-state index contributed by atoms with van der Waals surface area (Å²) < 4.78 is 0. The van der Waals surface area contributed by atoms with Crippen LogP contribution < -0.4 is 4.90 Å². The van der Waals surface area contributed by atoms with Gasteiger partial charge in [0.1, 0.15) is 0 Å². The van der Waals surface area contributed by atoms with Crippen LogP contribution in [0, 0.1) is 5.92 Å². The first-order valence-corrected chi connectivity index (χ1v) is 9.03. The molecule has 1 aromatic rings. The summed E-state index contributed by atoms with van der Waals surface area (Å²) in [4.78, 5) is 41.1. The van der Waals surface area contributed by atoms with Crippen LogP contribution in [-0.4, -0.2) is 72.5 Å². The lowest BCUT2D eigenvalue weighted by atomic mass is 9.98. The average Bonchev–Trinajstić information content (AvgIpc) is 3.04. The number of likely N-dealkylation sites (N-methyl/N-ethyl adjacent to an activating group) is 1. The molecule has 1 aromatic carbocycles. The Hall–Kier alpha value is -2.57. The minimum atomic E-state index is -0.861. The predicted octanol–water partition coefficient (Wildman–Crippen LogP) is 0.831. The maximum Gasteiger partial charge on any atom is 0.308 e. The van der Waals surface area contributed by atoms with Crippen LogP contribution in [0.1, 0.15) is 18.4 Å². The molecule has 2 amide bonds. The van der Waals surface area contributed by atoms with Gasteiger partial charge in [0.05, 0.1) is 19.0 Å². The zero-order valence-electron chi connectivity index (χ0n) is 15.1. The van der Waals surface area contributed by atoms with E-state index in [0.717, 1.165) is 18.7 Å². The number of likely N-dealkylation sites (tertiary alicyclic amines) is 1. The molecule has 0 bridgehead atoms. The van der Waals surface area contributed by atoms with Crippen LogP contribution >= 0.6 is 0 Å². The van der Waals surface area contributed by atoms with Crippen molar-refractivity contribution in [2.45, 2.75) is 19.3 Å². The fourth-order valence-electron chi connectivity index (χ4n) is 3.65. The molecule has 7 heteroatoms. The van der Waals surface area contributed by atoms with Gasteiger partial charge < -0.3 is 19.8 Å². The molecule has 0 aromatic heterocycles. The number of para-hydroxylation sites is 1.